The van der Waals surface area contributed by atoms with E-state index in [-0.39, 0.29) is 0 Å². The zero-order chi connectivity index (χ0) is 18.8. The molecule has 1 heterocycles. The first kappa shape index (κ1) is 17.5. The molecule has 0 saturated heterocycles. The molecule has 6 heteroatoms. The van der Waals surface area contributed by atoms with Crippen LogP contribution < -0.4 is 5.14 Å². The van der Waals surface area contributed by atoms with Crippen LogP contribution >= 0.6 is 11.6 Å². The molecule has 3 N–H and O–H groups in total. The lowest BCUT2D eigenvalue weighted by Crippen LogP contribution is -2.04. The third kappa shape index (κ3) is 3.79. The Kier molecular flexibility index (Phi) is 4.78. The van der Waals surface area contributed by atoms with Gasteiger partial charge >= 0.3 is 0 Å². The number of hydrogen-bond donors (Lipinski definition) is 2. The third-order valence-corrected chi connectivity index (χ3v) is 5.07. The molecule has 0 aliphatic rings. The van der Waals surface area contributed by atoms with E-state index >= 15 is 0 Å². The van der Waals surface area contributed by atoms with E-state index in [1.807, 2.05) is 54.6 Å². The third-order valence-electron chi connectivity index (χ3n) is 4.05. The van der Waals surface area contributed by atoms with Gasteiger partial charge in [-0.2, -0.15) is 0 Å². The van der Waals surface area contributed by atoms with E-state index in [4.69, 9.17) is 16.7 Å². The molecule has 1 aromatic heterocycles. The predicted molar refractivity (Wildman–Crippen MR) is 110 cm³/mol. The normalized spacial score (nSPS) is 11.8. The number of rotatable bonds is 2. The number of halogens is 1. The van der Waals surface area contributed by atoms with Crippen molar-refractivity contribution in [3.63, 3.8) is 0 Å². The molecule has 0 amide bonds. The van der Waals surface area contributed by atoms with Gasteiger partial charge in [-0.1, -0.05) is 47.9 Å². The van der Waals surface area contributed by atoms with Crippen LogP contribution in [0.1, 0.15) is 11.4 Å². The number of aromatic nitrogens is 2. The van der Waals surface area contributed by atoms with Gasteiger partial charge in [-0.05, 0) is 53.4 Å². The van der Waals surface area contributed by atoms with Crippen molar-refractivity contribution in [2.45, 2.75) is 4.90 Å². The second-order valence-corrected chi connectivity index (χ2v) is 7.34. The topological polar surface area (TPSA) is 71.8 Å². The van der Waals surface area contributed by atoms with Crippen LogP contribution in [0.5, 0.6) is 0 Å². The summed E-state index contributed by atoms with van der Waals surface area (Å²) in [6, 6.07) is 20.5. The fourth-order valence-electron chi connectivity index (χ4n) is 2.81. The summed E-state index contributed by atoms with van der Waals surface area (Å²) in [5.74, 6) is 6.64. The first-order valence-electron chi connectivity index (χ1n) is 8.13. The number of nitrogens with zero attached hydrogens (tertiary/aromatic N) is 1. The van der Waals surface area contributed by atoms with Crippen molar-refractivity contribution in [1.29, 1.82) is 0 Å². The highest BCUT2D eigenvalue weighted by Crippen LogP contribution is 2.27. The fourth-order valence-corrected chi connectivity index (χ4v) is 3.62. The molecular weight excluding hydrogens is 378 g/mol. The lowest BCUT2D eigenvalue weighted by atomic mass is 10.1. The van der Waals surface area contributed by atoms with Crippen LogP contribution in [0.25, 0.3) is 22.2 Å². The van der Waals surface area contributed by atoms with Crippen LogP contribution in [-0.4, -0.2) is 14.2 Å². The van der Waals surface area contributed by atoms with E-state index in [1.54, 1.807) is 12.1 Å². The van der Waals surface area contributed by atoms with Crippen LogP contribution in [0.3, 0.4) is 0 Å². The highest BCUT2D eigenvalue weighted by atomic mass is 35.5. The summed E-state index contributed by atoms with van der Waals surface area (Å²) in [4.78, 5) is 8.30. The number of H-pyrrole nitrogens is 1. The molecule has 3 aromatic carbocycles. The van der Waals surface area contributed by atoms with E-state index in [9.17, 15) is 4.21 Å². The Hall–Kier alpha value is -2.91. The highest BCUT2D eigenvalue weighted by Gasteiger charge is 2.10. The number of imidazole rings is 1. The summed E-state index contributed by atoms with van der Waals surface area (Å²) in [7, 11) is -1.55. The SMILES string of the molecule is NS(=O)c1ccccc1-c1ccc2nc(C#Cc3cccc(Cl)c3)[nH]c2c1. The number of aromatic amines is 1. The van der Waals surface area contributed by atoms with Gasteiger partial charge in [0, 0.05) is 10.6 Å². The number of hydrogen-bond acceptors (Lipinski definition) is 2. The van der Waals surface area contributed by atoms with Gasteiger partial charge in [-0.3, -0.25) is 0 Å². The van der Waals surface area contributed by atoms with Gasteiger partial charge in [0.05, 0.1) is 15.9 Å². The minimum absolute atomic E-state index is 0.567. The molecule has 0 fully saturated rings. The standard InChI is InChI=1S/C21H14ClN3OS/c22-16-5-3-4-14(12-16)8-11-21-24-18-10-9-15(13-19(18)25-21)17-6-1-2-7-20(17)27(23)26/h1-7,9-10,12-13H,23H2,(H,24,25). The summed E-state index contributed by atoms with van der Waals surface area (Å²) >= 11 is 5.98. The molecule has 1 unspecified atom stereocenters. The smallest absolute Gasteiger partial charge is 0.184 e. The molecule has 4 aromatic rings. The maximum Gasteiger partial charge on any atom is 0.184 e. The molecule has 0 radical (unpaired) electrons. The van der Waals surface area contributed by atoms with Gasteiger partial charge in [0.2, 0.25) is 0 Å². The Morgan fingerprint density at radius 2 is 1.85 bits per heavy atom. The van der Waals surface area contributed by atoms with Crippen molar-refractivity contribution in [2.24, 2.45) is 5.14 Å². The average molecular weight is 392 g/mol. The number of benzene rings is 3. The van der Waals surface area contributed by atoms with Gasteiger partial charge in [0.25, 0.3) is 0 Å². The molecule has 132 valence electrons. The first-order valence-corrected chi connectivity index (χ1v) is 9.72. The highest BCUT2D eigenvalue weighted by molar-refractivity contribution is 7.82. The molecule has 0 spiro atoms. The lowest BCUT2D eigenvalue weighted by molar-refractivity contribution is 0.684. The van der Waals surface area contributed by atoms with Crippen molar-refractivity contribution in [1.82, 2.24) is 9.97 Å². The number of fused-ring (bicyclic) bond motifs is 1. The van der Waals surface area contributed by atoms with E-state index < -0.39 is 11.0 Å². The summed E-state index contributed by atoms with van der Waals surface area (Å²) in [5, 5.41) is 6.24. The minimum Gasteiger partial charge on any atom is -0.331 e. The monoisotopic (exact) mass is 391 g/mol. The van der Waals surface area contributed by atoms with Crippen molar-refractivity contribution in [3.05, 3.63) is 83.1 Å². The molecule has 0 aliphatic heterocycles. The molecule has 0 aliphatic carbocycles. The molecule has 1 atom stereocenters. The van der Waals surface area contributed by atoms with E-state index in [0.717, 1.165) is 27.7 Å². The Morgan fingerprint density at radius 1 is 1.00 bits per heavy atom. The number of nitrogens with two attached hydrogens (primary N) is 1. The fraction of sp³-hybridized carbons (Fsp3) is 0. The molecule has 4 rings (SSSR count). The average Bonchev–Trinajstić information content (AvgIpc) is 3.08. The van der Waals surface area contributed by atoms with Gasteiger partial charge in [0.15, 0.2) is 5.82 Å². The largest absolute Gasteiger partial charge is 0.331 e. The van der Waals surface area contributed by atoms with Crippen molar-refractivity contribution < 1.29 is 4.21 Å². The van der Waals surface area contributed by atoms with E-state index in [0.29, 0.717) is 15.7 Å². The second-order valence-electron chi connectivity index (χ2n) is 5.87. The van der Waals surface area contributed by atoms with Gasteiger partial charge in [-0.25, -0.2) is 14.3 Å². The van der Waals surface area contributed by atoms with Gasteiger partial charge < -0.3 is 4.98 Å². The van der Waals surface area contributed by atoms with Crippen molar-refractivity contribution in [2.75, 3.05) is 0 Å². The molecule has 0 saturated carbocycles. The van der Waals surface area contributed by atoms with Crippen LogP contribution in [0.4, 0.5) is 0 Å². The summed E-state index contributed by atoms with van der Waals surface area (Å²) in [6.07, 6.45) is 0. The molecule has 0 bridgehead atoms. The lowest BCUT2D eigenvalue weighted by Gasteiger charge is -2.06. The van der Waals surface area contributed by atoms with Gasteiger partial charge in [-0.15, -0.1) is 0 Å². The minimum atomic E-state index is -1.55. The molecule has 27 heavy (non-hydrogen) atoms. The van der Waals surface area contributed by atoms with Crippen LogP contribution in [0, 0.1) is 11.8 Å². The Morgan fingerprint density at radius 3 is 2.67 bits per heavy atom. The van der Waals surface area contributed by atoms with Gasteiger partial charge in [0.1, 0.15) is 11.0 Å². The Bertz CT molecular complexity index is 1240. The quantitative estimate of drug-likeness (QED) is 0.501. The zero-order valence-corrected chi connectivity index (χ0v) is 15.6. The molecular formula is C21H14ClN3OS. The van der Waals surface area contributed by atoms with Crippen molar-refractivity contribution >= 4 is 33.6 Å². The van der Waals surface area contributed by atoms with Crippen molar-refractivity contribution in [3.8, 4) is 23.0 Å². The van der Waals surface area contributed by atoms with E-state index in [1.165, 1.54) is 0 Å². The van der Waals surface area contributed by atoms with E-state index in [2.05, 4.69) is 21.8 Å². The zero-order valence-electron chi connectivity index (χ0n) is 14.1. The Balaban J connectivity index is 1.72. The summed E-state index contributed by atoms with van der Waals surface area (Å²) in [6.45, 7) is 0. The predicted octanol–water partition coefficient (Wildman–Crippen LogP) is 4.26. The Labute approximate surface area is 164 Å². The van der Waals surface area contributed by atoms with Crippen LogP contribution in [-0.2, 0) is 11.0 Å². The second kappa shape index (κ2) is 7.37. The summed E-state index contributed by atoms with van der Waals surface area (Å²) in [5.41, 5.74) is 4.22. The molecule has 4 nitrogen and oxygen atoms in total. The maximum atomic E-state index is 11.8. The summed E-state index contributed by atoms with van der Waals surface area (Å²) < 4.78 is 11.8. The first-order chi connectivity index (χ1) is 13.1. The van der Waals surface area contributed by atoms with Crippen LogP contribution in [0.2, 0.25) is 5.02 Å². The maximum absolute atomic E-state index is 11.8. The van der Waals surface area contributed by atoms with Crippen LogP contribution in [0.15, 0.2) is 71.6 Å². The number of nitrogens with one attached hydrogen (secondary N) is 1.